The van der Waals surface area contributed by atoms with Gasteiger partial charge in [0, 0.05) is 6.42 Å². The highest BCUT2D eigenvalue weighted by atomic mass is 16.6. The summed E-state index contributed by atoms with van der Waals surface area (Å²) in [6.45, 7) is 10.3. The predicted molar refractivity (Wildman–Crippen MR) is 90.6 cm³/mol. The first-order valence-electron chi connectivity index (χ1n) is 8.70. The van der Waals surface area contributed by atoms with E-state index in [1.165, 1.54) is 7.11 Å². The van der Waals surface area contributed by atoms with E-state index >= 15 is 0 Å². The molecule has 0 aliphatic carbocycles. The molecule has 2 aliphatic heterocycles. The van der Waals surface area contributed by atoms with Gasteiger partial charge in [-0.25, -0.2) is 9.59 Å². The lowest BCUT2D eigenvalue weighted by Gasteiger charge is -2.37. The Morgan fingerprint density at radius 3 is 2.64 bits per heavy atom. The molecule has 0 aromatic rings. The minimum atomic E-state index is -0.620. The van der Waals surface area contributed by atoms with Gasteiger partial charge in [0.15, 0.2) is 6.23 Å². The third-order valence-corrected chi connectivity index (χ3v) is 3.98. The van der Waals surface area contributed by atoms with Crippen LogP contribution in [0.15, 0.2) is 11.8 Å². The molecule has 0 aromatic carbocycles. The van der Waals surface area contributed by atoms with Gasteiger partial charge in [-0.05, 0) is 39.2 Å². The number of amides is 1. The maximum atomic E-state index is 12.3. The summed E-state index contributed by atoms with van der Waals surface area (Å²) in [5.74, 6) is -0.112. The second kappa shape index (κ2) is 7.64. The largest absolute Gasteiger partial charge is 0.463 e. The van der Waals surface area contributed by atoms with Crippen molar-refractivity contribution in [2.75, 3.05) is 13.7 Å². The van der Waals surface area contributed by atoms with Crippen molar-refractivity contribution in [2.24, 2.45) is 5.92 Å². The van der Waals surface area contributed by atoms with E-state index in [0.29, 0.717) is 18.9 Å². The van der Waals surface area contributed by atoms with Gasteiger partial charge in [0.2, 0.25) is 5.76 Å². The van der Waals surface area contributed by atoms with Crippen molar-refractivity contribution >= 4 is 12.1 Å². The van der Waals surface area contributed by atoms with Crippen LogP contribution in [0.4, 0.5) is 4.79 Å². The minimum Gasteiger partial charge on any atom is -0.463 e. The van der Waals surface area contributed by atoms with Gasteiger partial charge < -0.3 is 18.9 Å². The Morgan fingerprint density at radius 2 is 2.08 bits per heavy atom. The Hall–Kier alpha value is -1.76. The summed E-state index contributed by atoms with van der Waals surface area (Å²) in [6.07, 6.45) is 1.45. The van der Waals surface area contributed by atoms with Gasteiger partial charge in [0.1, 0.15) is 6.61 Å². The van der Waals surface area contributed by atoms with Gasteiger partial charge in [-0.3, -0.25) is 4.90 Å². The third kappa shape index (κ3) is 5.11. The van der Waals surface area contributed by atoms with Gasteiger partial charge in [-0.1, -0.05) is 13.8 Å². The van der Waals surface area contributed by atoms with Crippen LogP contribution < -0.4 is 0 Å². The summed E-state index contributed by atoms with van der Waals surface area (Å²) in [5, 5.41) is 0. The van der Waals surface area contributed by atoms with E-state index in [1.807, 2.05) is 20.8 Å². The summed E-state index contributed by atoms with van der Waals surface area (Å²) in [5.41, 5.74) is -0.396. The zero-order valence-electron chi connectivity index (χ0n) is 15.9. The summed E-state index contributed by atoms with van der Waals surface area (Å²) in [6, 6.07) is -0.0789. The minimum absolute atomic E-state index is 0.0657. The number of rotatable bonds is 5. The molecule has 2 rings (SSSR count). The molecule has 0 bridgehead atoms. The molecule has 25 heavy (non-hydrogen) atoms. The quantitative estimate of drug-likeness (QED) is 0.706. The predicted octanol–water partition coefficient (Wildman–Crippen LogP) is 2.84. The highest BCUT2D eigenvalue weighted by Crippen LogP contribution is 2.31. The Bertz CT molecular complexity index is 536. The zero-order valence-corrected chi connectivity index (χ0v) is 15.9. The van der Waals surface area contributed by atoms with Crippen LogP contribution in [0.1, 0.15) is 47.5 Å². The second-order valence-corrected chi connectivity index (χ2v) is 7.87. The Labute approximate surface area is 149 Å². The Kier molecular flexibility index (Phi) is 5.98. The summed E-state index contributed by atoms with van der Waals surface area (Å²) in [4.78, 5) is 25.8. The second-order valence-electron chi connectivity index (χ2n) is 7.87. The van der Waals surface area contributed by atoms with Crippen LogP contribution in [0.5, 0.6) is 0 Å². The van der Waals surface area contributed by atoms with Crippen LogP contribution >= 0.6 is 0 Å². The SMILES string of the molecule is COC(=O)C1=C[C@@H](OC(C)(C)C)C[C@@H](N2C(=O)OC[C@@H]2CC(C)C)O1. The lowest BCUT2D eigenvalue weighted by Crippen LogP contribution is -2.48. The molecule has 2 aliphatic rings. The molecule has 2 heterocycles. The van der Waals surface area contributed by atoms with E-state index in [2.05, 4.69) is 13.8 Å². The smallest absolute Gasteiger partial charge is 0.413 e. The number of nitrogens with zero attached hydrogens (tertiary/aromatic N) is 1. The van der Waals surface area contributed by atoms with E-state index < -0.39 is 23.9 Å². The fraction of sp³-hybridized carbons (Fsp3) is 0.778. The number of cyclic esters (lactones) is 1. The van der Waals surface area contributed by atoms with Crippen LogP contribution in [-0.4, -0.2) is 54.7 Å². The molecule has 0 spiro atoms. The van der Waals surface area contributed by atoms with E-state index in [1.54, 1.807) is 11.0 Å². The number of hydrogen-bond acceptors (Lipinski definition) is 6. The standard InChI is InChI=1S/C18H29NO6/c1-11(2)7-12-10-23-17(21)19(12)15-9-13(25-18(3,4)5)8-14(24-15)16(20)22-6/h8,11-13,15H,7,9-10H2,1-6H3/t12-,13+,15-/m0/s1. The van der Waals surface area contributed by atoms with Gasteiger partial charge in [-0.2, -0.15) is 0 Å². The first kappa shape index (κ1) is 19.6. The number of ether oxygens (including phenoxy) is 4. The maximum Gasteiger partial charge on any atom is 0.413 e. The number of hydrogen-bond donors (Lipinski definition) is 0. The highest BCUT2D eigenvalue weighted by molar-refractivity contribution is 5.86. The van der Waals surface area contributed by atoms with Gasteiger partial charge >= 0.3 is 12.1 Å². The average Bonchev–Trinajstić information content (AvgIpc) is 2.84. The molecule has 3 atom stereocenters. The van der Waals surface area contributed by atoms with Crippen LogP contribution in [0.2, 0.25) is 0 Å². The molecule has 1 fully saturated rings. The topological polar surface area (TPSA) is 74.3 Å². The first-order valence-corrected chi connectivity index (χ1v) is 8.70. The summed E-state index contributed by atoms with van der Waals surface area (Å²) >= 11 is 0. The van der Waals surface area contributed by atoms with Gasteiger partial charge in [0.05, 0.1) is 24.9 Å². The van der Waals surface area contributed by atoms with Crippen LogP contribution in [0.3, 0.4) is 0 Å². The van der Waals surface area contributed by atoms with Crippen molar-refractivity contribution in [1.29, 1.82) is 0 Å². The van der Waals surface area contributed by atoms with Crippen molar-refractivity contribution in [1.82, 2.24) is 4.90 Å². The fourth-order valence-electron chi connectivity index (χ4n) is 3.14. The maximum absolute atomic E-state index is 12.3. The average molecular weight is 355 g/mol. The molecule has 0 unspecified atom stereocenters. The molecule has 1 amide bonds. The summed E-state index contributed by atoms with van der Waals surface area (Å²) in [7, 11) is 1.29. The molecule has 0 aromatic heterocycles. The van der Waals surface area contributed by atoms with Crippen LogP contribution in [0.25, 0.3) is 0 Å². The van der Waals surface area contributed by atoms with Crippen LogP contribution in [0, 0.1) is 5.92 Å². The molecule has 7 nitrogen and oxygen atoms in total. The molecular formula is C18H29NO6. The Morgan fingerprint density at radius 1 is 1.40 bits per heavy atom. The fourth-order valence-corrected chi connectivity index (χ4v) is 3.14. The molecule has 0 radical (unpaired) electrons. The molecule has 1 saturated heterocycles. The van der Waals surface area contributed by atoms with Crippen molar-refractivity contribution in [3.8, 4) is 0 Å². The van der Waals surface area contributed by atoms with Gasteiger partial charge in [-0.15, -0.1) is 0 Å². The van der Waals surface area contributed by atoms with Gasteiger partial charge in [0.25, 0.3) is 0 Å². The number of carbonyl (C=O) groups excluding carboxylic acids is 2. The molecule has 0 N–H and O–H groups in total. The lowest BCUT2D eigenvalue weighted by molar-refractivity contribution is -0.149. The first-order chi connectivity index (χ1) is 11.6. The monoisotopic (exact) mass is 355 g/mol. The van der Waals surface area contributed by atoms with Crippen LogP contribution in [-0.2, 0) is 23.7 Å². The normalized spacial score (nSPS) is 27.0. The highest BCUT2D eigenvalue weighted by Gasteiger charge is 2.43. The zero-order chi connectivity index (χ0) is 18.8. The number of carbonyl (C=O) groups is 2. The van der Waals surface area contributed by atoms with Crippen molar-refractivity contribution < 1.29 is 28.5 Å². The number of methoxy groups -OCH3 is 1. The third-order valence-electron chi connectivity index (χ3n) is 3.98. The summed E-state index contributed by atoms with van der Waals surface area (Å²) < 4.78 is 21.8. The Balaban J connectivity index is 2.23. The number of esters is 1. The molecule has 7 heteroatoms. The lowest BCUT2D eigenvalue weighted by atomic mass is 10.0. The van der Waals surface area contributed by atoms with Crippen molar-refractivity contribution in [3.63, 3.8) is 0 Å². The van der Waals surface area contributed by atoms with E-state index in [9.17, 15) is 9.59 Å². The van der Waals surface area contributed by atoms with Crippen molar-refractivity contribution in [3.05, 3.63) is 11.8 Å². The molecular weight excluding hydrogens is 326 g/mol. The van der Waals surface area contributed by atoms with E-state index in [-0.39, 0.29) is 17.9 Å². The van der Waals surface area contributed by atoms with E-state index in [4.69, 9.17) is 18.9 Å². The molecule has 142 valence electrons. The van der Waals surface area contributed by atoms with Crippen molar-refractivity contribution in [2.45, 2.75) is 71.4 Å². The van der Waals surface area contributed by atoms with E-state index in [0.717, 1.165) is 6.42 Å². The molecule has 0 saturated carbocycles.